The molecule has 0 aliphatic heterocycles. The van der Waals surface area contributed by atoms with Gasteiger partial charge in [-0.3, -0.25) is 4.79 Å². The van der Waals surface area contributed by atoms with E-state index in [1.807, 2.05) is 0 Å². The third-order valence-electron chi connectivity index (χ3n) is 6.40. The zero-order chi connectivity index (χ0) is 24.0. The van der Waals surface area contributed by atoms with Gasteiger partial charge in [-0.2, -0.15) is 0 Å². The summed E-state index contributed by atoms with van der Waals surface area (Å²) in [4.78, 5) is 23.6. The Kier molecular flexibility index (Phi) is 5.60. The molecule has 0 atom stereocenters. The van der Waals surface area contributed by atoms with Crippen molar-refractivity contribution in [2.45, 2.75) is 37.8 Å². The summed E-state index contributed by atoms with van der Waals surface area (Å²) in [7, 11) is 3.06. The van der Waals surface area contributed by atoms with E-state index in [4.69, 9.17) is 15.2 Å². The molecule has 1 aliphatic rings. The molecule has 2 heterocycles. The van der Waals surface area contributed by atoms with Crippen molar-refractivity contribution in [1.29, 1.82) is 0 Å². The van der Waals surface area contributed by atoms with Gasteiger partial charge in [0, 0.05) is 35.7 Å². The molecule has 2 aromatic heterocycles. The number of aromatic nitrogens is 3. The van der Waals surface area contributed by atoms with Crippen molar-refractivity contribution in [1.82, 2.24) is 15.0 Å². The van der Waals surface area contributed by atoms with Crippen LogP contribution in [0.2, 0.25) is 0 Å². The largest absolute Gasteiger partial charge is 0.493 e. The average molecular weight is 469 g/mol. The van der Waals surface area contributed by atoms with Crippen LogP contribution in [-0.2, 0) is 0 Å². The van der Waals surface area contributed by atoms with E-state index in [-0.39, 0.29) is 34.5 Å². The van der Waals surface area contributed by atoms with E-state index < -0.39 is 17.2 Å². The molecule has 0 radical (unpaired) electrons. The van der Waals surface area contributed by atoms with Gasteiger partial charge in [-0.1, -0.05) is 0 Å². The molecule has 8 nitrogen and oxygen atoms in total. The van der Waals surface area contributed by atoms with Crippen LogP contribution in [0.5, 0.6) is 11.5 Å². The minimum Gasteiger partial charge on any atom is -0.493 e. The van der Waals surface area contributed by atoms with Gasteiger partial charge in [0.2, 0.25) is 0 Å². The molecule has 1 fully saturated rings. The second-order valence-electron chi connectivity index (χ2n) is 8.58. The summed E-state index contributed by atoms with van der Waals surface area (Å²) in [6.45, 7) is 0. The number of nitrogens with one attached hydrogen (secondary N) is 3. The first-order valence-corrected chi connectivity index (χ1v) is 11.1. The number of hydrogen-bond acceptors (Lipinski definition) is 6. The minimum atomic E-state index is -1.01. The van der Waals surface area contributed by atoms with E-state index in [2.05, 4.69) is 20.3 Å². The number of H-pyrrole nitrogens is 2. The molecular weight excluding hydrogens is 444 g/mol. The number of anilines is 1. The van der Waals surface area contributed by atoms with Crippen molar-refractivity contribution in [2.75, 3.05) is 19.5 Å². The molecule has 10 heteroatoms. The lowest BCUT2D eigenvalue weighted by Gasteiger charge is -2.29. The number of halogens is 2. The molecule has 4 aromatic rings. The van der Waals surface area contributed by atoms with Gasteiger partial charge in [0.25, 0.3) is 5.56 Å². The predicted octanol–water partition coefficient (Wildman–Crippen LogP) is 4.05. The first-order valence-electron chi connectivity index (χ1n) is 11.1. The van der Waals surface area contributed by atoms with Crippen LogP contribution in [0, 0.1) is 11.6 Å². The minimum absolute atomic E-state index is 0.0934. The number of benzene rings is 2. The monoisotopic (exact) mass is 469 g/mol. The Morgan fingerprint density at radius 3 is 2.35 bits per heavy atom. The number of pyridine rings is 1. The zero-order valence-corrected chi connectivity index (χ0v) is 18.8. The van der Waals surface area contributed by atoms with Crippen LogP contribution < -0.4 is 26.1 Å². The van der Waals surface area contributed by atoms with E-state index in [0.29, 0.717) is 28.1 Å². The lowest BCUT2D eigenvalue weighted by atomic mass is 9.91. The van der Waals surface area contributed by atoms with E-state index in [0.717, 1.165) is 37.8 Å². The van der Waals surface area contributed by atoms with Crippen LogP contribution >= 0.6 is 0 Å². The number of fused-ring (bicyclic) bond motifs is 2. The van der Waals surface area contributed by atoms with E-state index in [9.17, 15) is 13.6 Å². The highest BCUT2D eigenvalue weighted by Gasteiger charge is 2.25. The highest BCUT2D eigenvalue weighted by Crippen LogP contribution is 2.38. The zero-order valence-electron chi connectivity index (χ0n) is 18.8. The van der Waals surface area contributed by atoms with Crippen LogP contribution in [0.15, 0.2) is 29.1 Å². The SMILES string of the molecule is COc1cc2[nH]c(=O)c(-c3nc4cc(F)c(F)cc4[nH]3)c(NC3CCC(N)CC3)c2cc1OC. The first kappa shape index (κ1) is 22.1. The summed E-state index contributed by atoms with van der Waals surface area (Å²) in [5, 5.41) is 4.22. The number of hydrogen-bond donors (Lipinski definition) is 4. The van der Waals surface area contributed by atoms with Crippen LogP contribution in [0.25, 0.3) is 33.3 Å². The normalized spacial score (nSPS) is 18.4. The summed E-state index contributed by atoms with van der Waals surface area (Å²) in [5.41, 5.74) is 7.52. The number of ether oxygens (including phenoxy) is 2. The highest BCUT2D eigenvalue weighted by molar-refractivity contribution is 6.00. The maximum atomic E-state index is 13.8. The molecule has 1 aliphatic carbocycles. The fourth-order valence-corrected chi connectivity index (χ4v) is 4.59. The summed E-state index contributed by atoms with van der Waals surface area (Å²) in [5.74, 6) is -0.832. The fourth-order valence-electron chi connectivity index (χ4n) is 4.59. The van der Waals surface area contributed by atoms with Gasteiger partial charge in [0.15, 0.2) is 23.1 Å². The molecule has 0 spiro atoms. The Hall–Kier alpha value is -3.66. The Bertz CT molecular complexity index is 1400. The van der Waals surface area contributed by atoms with Crippen LogP contribution in [0.3, 0.4) is 0 Å². The number of aromatic amines is 2. The van der Waals surface area contributed by atoms with Crippen molar-refractivity contribution in [3.63, 3.8) is 0 Å². The maximum Gasteiger partial charge on any atom is 0.261 e. The van der Waals surface area contributed by atoms with Gasteiger partial charge in [-0.05, 0) is 31.7 Å². The van der Waals surface area contributed by atoms with E-state index >= 15 is 0 Å². The van der Waals surface area contributed by atoms with Crippen molar-refractivity contribution >= 4 is 27.6 Å². The molecule has 1 saturated carbocycles. The molecule has 0 saturated heterocycles. The first-order chi connectivity index (χ1) is 16.4. The van der Waals surface area contributed by atoms with Crippen LogP contribution in [0.4, 0.5) is 14.5 Å². The van der Waals surface area contributed by atoms with Crippen molar-refractivity contribution in [3.05, 3.63) is 46.3 Å². The lowest BCUT2D eigenvalue weighted by Crippen LogP contribution is -2.33. The van der Waals surface area contributed by atoms with Gasteiger partial charge >= 0.3 is 0 Å². The highest BCUT2D eigenvalue weighted by atomic mass is 19.2. The average Bonchev–Trinajstić information content (AvgIpc) is 3.21. The number of nitrogens with two attached hydrogens (primary N) is 1. The van der Waals surface area contributed by atoms with Crippen molar-refractivity contribution < 1.29 is 18.3 Å². The van der Waals surface area contributed by atoms with E-state index in [1.54, 1.807) is 12.1 Å². The summed E-state index contributed by atoms with van der Waals surface area (Å²) < 4.78 is 38.4. The number of nitrogens with zero attached hydrogens (tertiary/aromatic N) is 1. The number of imidazole rings is 1. The number of methoxy groups -OCH3 is 2. The Morgan fingerprint density at radius 2 is 1.65 bits per heavy atom. The van der Waals surface area contributed by atoms with Gasteiger partial charge in [0.1, 0.15) is 11.4 Å². The Labute approximate surface area is 193 Å². The molecule has 0 unspecified atom stereocenters. The van der Waals surface area contributed by atoms with Crippen molar-refractivity contribution in [2.24, 2.45) is 5.73 Å². The topological polar surface area (TPSA) is 118 Å². The molecular formula is C24H25F2N5O3. The summed E-state index contributed by atoms with van der Waals surface area (Å²) in [6.07, 6.45) is 3.43. The summed E-state index contributed by atoms with van der Waals surface area (Å²) >= 11 is 0. The molecule has 5 N–H and O–H groups in total. The summed E-state index contributed by atoms with van der Waals surface area (Å²) in [6, 6.07) is 5.77. The Morgan fingerprint density at radius 1 is 0.971 bits per heavy atom. The molecule has 0 amide bonds. The maximum absolute atomic E-state index is 13.8. The molecule has 5 rings (SSSR count). The molecule has 2 aromatic carbocycles. The van der Waals surface area contributed by atoms with Gasteiger partial charge in [-0.15, -0.1) is 0 Å². The smallest absolute Gasteiger partial charge is 0.261 e. The third kappa shape index (κ3) is 3.83. The van der Waals surface area contributed by atoms with Crippen LogP contribution in [0.1, 0.15) is 25.7 Å². The van der Waals surface area contributed by atoms with Gasteiger partial charge in [0.05, 0.1) is 36.5 Å². The van der Waals surface area contributed by atoms with Gasteiger partial charge < -0.3 is 30.5 Å². The van der Waals surface area contributed by atoms with E-state index in [1.165, 1.54) is 14.2 Å². The molecule has 0 bridgehead atoms. The number of rotatable bonds is 5. The van der Waals surface area contributed by atoms with Gasteiger partial charge in [-0.25, -0.2) is 13.8 Å². The lowest BCUT2D eigenvalue weighted by molar-refractivity contribution is 0.356. The standard InChI is InChI=1S/C24H25F2N5O3/c1-33-19-7-13-16(10-20(19)34-2)31-24(32)21(22(13)28-12-5-3-11(27)4-6-12)23-29-17-8-14(25)15(26)9-18(17)30-23/h7-12H,3-6,27H2,1-2H3,(H,29,30)(H2,28,31,32). The third-order valence-corrected chi connectivity index (χ3v) is 6.40. The quantitative estimate of drug-likeness (QED) is 0.350. The molecule has 34 heavy (non-hydrogen) atoms. The van der Waals surface area contributed by atoms with Crippen molar-refractivity contribution in [3.8, 4) is 22.9 Å². The fraction of sp³-hybridized carbons (Fsp3) is 0.333. The Balaban J connectivity index is 1.74. The second-order valence-corrected chi connectivity index (χ2v) is 8.58. The van der Waals surface area contributed by atoms with Crippen LogP contribution in [-0.4, -0.2) is 41.3 Å². The predicted molar refractivity (Wildman–Crippen MR) is 127 cm³/mol. The second kappa shape index (κ2) is 8.60. The molecule has 178 valence electrons.